The predicted octanol–water partition coefficient (Wildman–Crippen LogP) is 4.70. The van der Waals surface area contributed by atoms with Gasteiger partial charge in [-0.05, 0) is 53.6 Å². The molecule has 5 rings (SSSR count). The maximum absolute atomic E-state index is 12.9. The zero-order valence-electron chi connectivity index (χ0n) is 16.9. The van der Waals surface area contributed by atoms with Gasteiger partial charge in [-0.25, -0.2) is 0 Å². The number of carbonyl (C=O) groups is 2. The number of anilines is 1. The maximum Gasteiger partial charge on any atom is 0.227 e. The van der Waals surface area contributed by atoms with E-state index in [2.05, 4.69) is 46.7 Å². The van der Waals surface area contributed by atoms with Crippen molar-refractivity contribution in [3.8, 4) is 10.4 Å². The van der Waals surface area contributed by atoms with Gasteiger partial charge >= 0.3 is 0 Å². The number of piperidine rings is 1. The fraction of sp³-hybridized carbons (Fsp3) is 0.292. The molecule has 30 heavy (non-hydrogen) atoms. The Hall–Kier alpha value is -2.99. The van der Waals surface area contributed by atoms with Crippen LogP contribution in [0.25, 0.3) is 20.5 Å². The highest BCUT2D eigenvalue weighted by Crippen LogP contribution is 2.39. The van der Waals surface area contributed by atoms with Gasteiger partial charge in [0.05, 0.1) is 6.54 Å². The zero-order valence-corrected chi connectivity index (χ0v) is 17.7. The van der Waals surface area contributed by atoms with Crippen LogP contribution in [0.1, 0.15) is 30.9 Å². The Morgan fingerprint density at radius 2 is 1.93 bits per heavy atom. The summed E-state index contributed by atoms with van der Waals surface area (Å²) in [5, 5.41) is 4.36. The van der Waals surface area contributed by atoms with Crippen molar-refractivity contribution >= 4 is 45.1 Å². The molecule has 1 saturated heterocycles. The largest absolute Gasteiger partial charge is 0.343 e. The number of likely N-dealkylation sites (tertiary alicyclic amines) is 1. The van der Waals surface area contributed by atoms with Crippen LogP contribution in [0.2, 0.25) is 0 Å². The van der Waals surface area contributed by atoms with E-state index in [1.807, 2.05) is 17.2 Å². The molecule has 3 aromatic rings. The van der Waals surface area contributed by atoms with Gasteiger partial charge in [0, 0.05) is 53.0 Å². The van der Waals surface area contributed by atoms with Gasteiger partial charge in [-0.1, -0.05) is 18.2 Å². The molecule has 3 heterocycles. The first-order valence-electron chi connectivity index (χ1n) is 10.3. The monoisotopic (exact) mass is 417 g/mol. The SMILES string of the molecule is CC(=O)N1CCC(C(=O)Nc2cc3c(c(-c4cc5ccccc5s4)c2)CN=C3)CC1. The number of thiophene rings is 1. The third kappa shape index (κ3) is 3.52. The standard InChI is InChI=1S/C24H23N3O2S/c1-15(28)27-8-6-16(7-9-27)24(29)26-19-10-18-13-25-14-21(18)20(12-19)23-11-17-4-2-3-5-22(17)30-23/h2-5,10-13,16H,6-9,14H2,1H3,(H,26,29). The molecule has 6 heteroatoms. The van der Waals surface area contributed by atoms with Gasteiger partial charge in [-0.3, -0.25) is 14.6 Å². The van der Waals surface area contributed by atoms with Gasteiger partial charge in [0.1, 0.15) is 0 Å². The molecule has 0 saturated carbocycles. The van der Waals surface area contributed by atoms with Gasteiger partial charge in [0.25, 0.3) is 0 Å². The van der Waals surface area contributed by atoms with E-state index >= 15 is 0 Å². The van der Waals surface area contributed by atoms with Gasteiger partial charge in [0.15, 0.2) is 0 Å². The number of nitrogens with zero attached hydrogens (tertiary/aromatic N) is 2. The minimum Gasteiger partial charge on any atom is -0.343 e. The van der Waals surface area contributed by atoms with Crippen LogP contribution < -0.4 is 5.32 Å². The van der Waals surface area contributed by atoms with E-state index in [0.29, 0.717) is 32.5 Å². The molecule has 0 aliphatic carbocycles. The Morgan fingerprint density at radius 3 is 2.70 bits per heavy atom. The lowest BCUT2D eigenvalue weighted by molar-refractivity contribution is -0.132. The average molecular weight is 418 g/mol. The average Bonchev–Trinajstić information content (AvgIpc) is 3.40. The molecule has 2 aromatic carbocycles. The lowest BCUT2D eigenvalue weighted by Gasteiger charge is -2.30. The number of benzene rings is 2. The number of rotatable bonds is 3. The van der Waals surface area contributed by atoms with Crippen molar-refractivity contribution < 1.29 is 9.59 Å². The summed E-state index contributed by atoms with van der Waals surface area (Å²) in [6.45, 7) is 3.56. The van der Waals surface area contributed by atoms with Gasteiger partial charge < -0.3 is 10.2 Å². The van der Waals surface area contributed by atoms with E-state index in [1.165, 1.54) is 20.5 Å². The van der Waals surface area contributed by atoms with Crippen molar-refractivity contribution in [2.45, 2.75) is 26.3 Å². The zero-order chi connectivity index (χ0) is 20.7. The third-order valence-corrected chi connectivity index (χ3v) is 7.18. The summed E-state index contributed by atoms with van der Waals surface area (Å²) in [5.41, 5.74) is 4.25. The van der Waals surface area contributed by atoms with Crippen molar-refractivity contribution in [1.29, 1.82) is 0 Å². The number of hydrogen-bond donors (Lipinski definition) is 1. The van der Waals surface area contributed by atoms with E-state index in [9.17, 15) is 9.59 Å². The highest BCUT2D eigenvalue weighted by atomic mass is 32.1. The molecule has 1 N–H and O–H groups in total. The number of carbonyl (C=O) groups excluding carboxylic acids is 2. The first-order valence-corrected chi connectivity index (χ1v) is 11.1. The first kappa shape index (κ1) is 19.0. The van der Waals surface area contributed by atoms with Crippen molar-refractivity contribution in [3.63, 3.8) is 0 Å². The maximum atomic E-state index is 12.9. The molecule has 2 aliphatic heterocycles. The van der Waals surface area contributed by atoms with Crippen LogP contribution in [-0.2, 0) is 16.1 Å². The minimum atomic E-state index is -0.0599. The fourth-order valence-corrected chi connectivity index (χ4v) is 5.44. The molecule has 1 aromatic heterocycles. The van der Waals surface area contributed by atoms with E-state index in [4.69, 9.17) is 0 Å². The molecule has 0 spiro atoms. The van der Waals surface area contributed by atoms with Crippen molar-refractivity contribution in [2.75, 3.05) is 18.4 Å². The highest BCUT2D eigenvalue weighted by Gasteiger charge is 2.26. The summed E-state index contributed by atoms with van der Waals surface area (Å²) in [7, 11) is 0. The minimum absolute atomic E-state index is 0.0374. The summed E-state index contributed by atoms with van der Waals surface area (Å²) in [4.78, 5) is 31.9. The Bertz CT molecular complexity index is 1140. The van der Waals surface area contributed by atoms with Crippen LogP contribution in [0.15, 0.2) is 47.5 Å². The molecule has 5 nitrogen and oxygen atoms in total. The number of hydrogen-bond acceptors (Lipinski definition) is 4. The molecule has 0 atom stereocenters. The molecule has 0 radical (unpaired) electrons. The molecule has 1 fully saturated rings. The molecule has 2 aliphatic rings. The summed E-state index contributed by atoms with van der Waals surface area (Å²) in [6, 6.07) is 14.7. The van der Waals surface area contributed by atoms with Gasteiger partial charge in [-0.2, -0.15) is 0 Å². The van der Waals surface area contributed by atoms with E-state index in [0.717, 1.165) is 16.8 Å². The molecular weight excluding hydrogens is 394 g/mol. The van der Waals surface area contributed by atoms with Crippen LogP contribution in [0.3, 0.4) is 0 Å². The second-order valence-electron chi connectivity index (χ2n) is 7.98. The molecule has 152 valence electrons. The van der Waals surface area contributed by atoms with Crippen molar-refractivity contribution in [2.24, 2.45) is 10.9 Å². The van der Waals surface area contributed by atoms with Crippen LogP contribution in [0.4, 0.5) is 5.69 Å². The summed E-state index contributed by atoms with van der Waals surface area (Å²) < 4.78 is 1.26. The first-order chi connectivity index (χ1) is 14.6. The second kappa shape index (κ2) is 7.69. The Morgan fingerprint density at radius 1 is 1.13 bits per heavy atom. The summed E-state index contributed by atoms with van der Waals surface area (Å²) in [6.07, 6.45) is 3.31. The number of fused-ring (bicyclic) bond motifs is 2. The van der Waals surface area contributed by atoms with Crippen LogP contribution in [0, 0.1) is 5.92 Å². The number of amides is 2. The van der Waals surface area contributed by atoms with E-state index in [-0.39, 0.29) is 17.7 Å². The van der Waals surface area contributed by atoms with E-state index in [1.54, 1.807) is 18.3 Å². The van der Waals surface area contributed by atoms with E-state index < -0.39 is 0 Å². The predicted molar refractivity (Wildman–Crippen MR) is 122 cm³/mol. The third-order valence-electron chi connectivity index (χ3n) is 6.03. The normalized spacial score (nSPS) is 16.1. The van der Waals surface area contributed by atoms with Crippen LogP contribution in [-0.4, -0.2) is 36.0 Å². The smallest absolute Gasteiger partial charge is 0.227 e. The lowest BCUT2D eigenvalue weighted by Crippen LogP contribution is -2.40. The Kier molecular flexibility index (Phi) is 4.87. The summed E-state index contributed by atoms with van der Waals surface area (Å²) in [5.74, 6) is 0.0606. The second-order valence-corrected chi connectivity index (χ2v) is 9.06. The molecule has 2 amide bonds. The number of aliphatic imine (C=N–C) groups is 1. The number of nitrogens with one attached hydrogen (secondary N) is 1. The highest BCUT2D eigenvalue weighted by molar-refractivity contribution is 7.22. The topological polar surface area (TPSA) is 61.8 Å². The fourth-order valence-electron chi connectivity index (χ4n) is 4.33. The quantitative estimate of drug-likeness (QED) is 0.672. The van der Waals surface area contributed by atoms with Crippen LogP contribution >= 0.6 is 11.3 Å². The lowest BCUT2D eigenvalue weighted by atomic mass is 9.95. The molecular formula is C24H23N3O2S. The molecule has 0 bridgehead atoms. The molecule has 0 unspecified atom stereocenters. The van der Waals surface area contributed by atoms with Crippen LogP contribution in [0.5, 0.6) is 0 Å². The van der Waals surface area contributed by atoms with Gasteiger partial charge in [-0.15, -0.1) is 11.3 Å². The Labute approximate surface area is 179 Å². The summed E-state index contributed by atoms with van der Waals surface area (Å²) >= 11 is 1.77. The van der Waals surface area contributed by atoms with Crippen molar-refractivity contribution in [1.82, 2.24) is 4.90 Å². The Balaban J connectivity index is 1.41. The van der Waals surface area contributed by atoms with Gasteiger partial charge in [0.2, 0.25) is 11.8 Å². The van der Waals surface area contributed by atoms with Crippen molar-refractivity contribution in [3.05, 3.63) is 53.6 Å².